The molecule has 0 unspecified atom stereocenters. The van der Waals surface area contributed by atoms with Gasteiger partial charge in [-0.05, 0) is 61.9 Å². The van der Waals surface area contributed by atoms with Crippen LogP contribution in [0.1, 0.15) is 66.7 Å². The predicted molar refractivity (Wildman–Crippen MR) is 206 cm³/mol. The van der Waals surface area contributed by atoms with Crippen molar-refractivity contribution < 1.29 is 37.3 Å². The van der Waals surface area contributed by atoms with Crippen LogP contribution in [0, 0.1) is 5.41 Å². The number of halogens is 4. The number of benzene rings is 2. The number of alkyl halides is 3. The van der Waals surface area contributed by atoms with Gasteiger partial charge in [0.1, 0.15) is 5.75 Å². The fourth-order valence-corrected chi connectivity index (χ4v) is 8.38. The van der Waals surface area contributed by atoms with Gasteiger partial charge in [0.2, 0.25) is 11.8 Å². The first kappa shape index (κ1) is 39.3. The topological polar surface area (TPSA) is 138 Å². The highest BCUT2D eigenvalue weighted by atomic mass is 35.5. The van der Waals surface area contributed by atoms with Gasteiger partial charge in [-0.25, -0.2) is 9.97 Å². The normalized spacial score (nSPS) is 20.9. The fraction of sp³-hybridized carbons (Fsp3) is 0.415. The van der Waals surface area contributed by atoms with Crippen LogP contribution in [0.4, 0.5) is 18.9 Å². The quantitative estimate of drug-likeness (QED) is 0.110. The first-order valence-electron chi connectivity index (χ1n) is 18.6. The summed E-state index contributed by atoms with van der Waals surface area (Å²) < 4.78 is 55.0. The minimum Gasteiger partial charge on any atom is -0.495 e. The molecule has 2 aromatic heterocycles. The number of hydrogen-bond acceptors (Lipinski definition) is 9. The van der Waals surface area contributed by atoms with E-state index in [9.17, 15) is 27.9 Å². The number of ether oxygens (including phenoxy) is 2. The number of likely N-dealkylation sites (tertiary alicyclic amines) is 1. The molecule has 4 aromatic rings. The van der Waals surface area contributed by atoms with Crippen LogP contribution in [0.2, 0.25) is 5.02 Å². The number of methoxy groups -OCH3 is 2. The smallest absolute Gasteiger partial charge is 0.435 e. The zero-order chi connectivity index (χ0) is 39.8. The Morgan fingerprint density at radius 3 is 2.52 bits per heavy atom. The summed E-state index contributed by atoms with van der Waals surface area (Å²) in [5, 5.41) is 19.6. The molecule has 1 aliphatic carbocycles. The molecule has 4 heterocycles. The molecule has 2 fully saturated rings. The largest absolute Gasteiger partial charge is 0.495 e. The third-order valence-corrected chi connectivity index (χ3v) is 11.5. The summed E-state index contributed by atoms with van der Waals surface area (Å²) in [4.78, 5) is 34.0. The van der Waals surface area contributed by atoms with E-state index in [1.54, 1.807) is 18.9 Å². The number of hydrogen-bond donors (Lipinski definition) is 4. The number of fused-ring (bicyclic) bond motifs is 1. The van der Waals surface area contributed by atoms with Crippen molar-refractivity contribution in [3.63, 3.8) is 0 Å². The molecule has 2 saturated heterocycles. The van der Waals surface area contributed by atoms with E-state index in [0.717, 1.165) is 34.2 Å². The van der Waals surface area contributed by atoms with Crippen molar-refractivity contribution in [2.75, 3.05) is 39.2 Å². The molecule has 2 aromatic carbocycles. The van der Waals surface area contributed by atoms with Gasteiger partial charge in [0.05, 0.1) is 47.8 Å². The van der Waals surface area contributed by atoms with Crippen molar-refractivity contribution >= 4 is 29.2 Å². The minimum absolute atomic E-state index is 0.0247. The fourth-order valence-electron chi connectivity index (χ4n) is 8.05. The number of carbonyl (C=O) groups is 2. The molecule has 0 saturated carbocycles. The maximum atomic E-state index is 14.6. The van der Waals surface area contributed by atoms with Crippen LogP contribution in [-0.2, 0) is 35.3 Å². The number of carboxylic acids is 1. The van der Waals surface area contributed by atoms with Crippen LogP contribution in [0.25, 0.3) is 22.4 Å². The molecular formula is C41H44ClF3N6O5. The molecule has 0 radical (unpaired) electrons. The van der Waals surface area contributed by atoms with Gasteiger partial charge in [0, 0.05) is 61.4 Å². The first-order chi connectivity index (χ1) is 26.8. The van der Waals surface area contributed by atoms with Gasteiger partial charge in [0.25, 0.3) is 0 Å². The lowest BCUT2D eigenvalue weighted by Crippen LogP contribution is -2.35. The monoisotopic (exact) mass is 792 g/mol. The number of carbonyl (C=O) groups excluding carboxylic acids is 1. The number of pyridine rings is 2. The standard InChI is InChI=1S/C41H44ClF3N6O5/c1-40(39(53)54)16-17-51(22-40)21-33-34(55-2)18-32(37(49-33)41(43,44)45)48-30-14-12-26-25(6-4-7-27(26)30)28-8-5-9-29(36(28)42)31-13-10-23(38(50-31)56-3)19-46-20-24-11-15-35(52)47-24/h4-10,13,18,24,30,46,48H,11-12,14-17,19-22H2,1-3H3,(H,47,52)(H,53,54)/t24-,30-,40+/m0/s1. The van der Waals surface area contributed by atoms with Crippen molar-refractivity contribution in [3.05, 3.63) is 87.7 Å². The van der Waals surface area contributed by atoms with E-state index >= 15 is 0 Å². The highest BCUT2D eigenvalue weighted by Crippen LogP contribution is 2.45. The summed E-state index contributed by atoms with van der Waals surface area (Å²) in [7, 11) is 2.95. The molecule has 0 spiro atoms. The van der Waals surface area contributed by atoms with Crippen LogP contribution in [0.3, 0.4) is 0 Å². The molecule has 4 N–H and O–H groups in total. The van der Waals surface area contributed by atoms with Crippen LogP contribution in [-0.4, -0.2) is 71.7 Å². The number of carboxylic acid groups (broad SMARTS) is 1. The summed E-state index contributed by atoms with van der Waals surface area (Å²) >= 11 is 7.14. The second-order valence-corrected chi connectivity index (χ2v) is 15.3. The van der Waals surface area contributed by atoms with Gasteiger partial charge in [-0.15, -0.1) is 0 Å². The van der Waals surface area contributed by atoms with Crippen molar-refractivity contribution in [1.82, 2.24) is 25.5 Å². The maximum Gasteiger partial charge on any atom is 0.435 e. The van der Waals surface area contributed by atoms with E-state index in [1.807, 2.05) is 48.5 Å². The van der Waals surface area contributed by atoms with Crippen molar-refractivity contribution in [2.24, 2.45) is 5.41 Å². The molecular weight excluding hydrogens is 749 g/mol. The lowest BCUT2D eigenvalue weighted by Gasteiger charge is -2.24. The van der Waals surface area contributed by atoms with Crippen molar-refractivity contribution in [1.29, 1.82) is 0 Å². The van der Waals surface area contributed by atoms with E-state index in [4.69, 9.17) is 26.1 Å². The number of anilines is 1. The molecule has 296 valence electrons. The Morgan fingerprint density at radius 1 is 1.05 bits per heavy atom. The molecule has 7 rings (SSSR count). The van der Waals surface area contributed by atoms with Crippen LogP contribution < -0.4 is 25.4 Å². The van der Waals surface area contributed by atoms with Crippen LogP contribution >= 0.6 is 11.6 Å². The maximum absolute atomic E-state index is 14.6. The van der Waals surface area contributed by atoms with E-state index in [0.29, 0.717) is 67.5 Å². The molecule has 15 heteroatoms. The number of amides is 1. The second kappa shape index (κ2) is 15.9. The Labute approximate surface area is 328 Å². The molecule has 0 bridgehead atoms. The molecule has 2 aliphatic heterocycles. The van der Waals surface area contributed by atoms with Gasteiger partial charge in [0.15, 0.2) is 5.69 Å². The summed E-state index contributed by atoms with van der Waals surface area (Å²) in [6, 6.07) is 16.3. The average Bonchev–Trinajstić information content (AvgIpc) is 3.90. The van der Waals surface area contributed by atoms with E-state index < -0.39 is 29.3 Å². The lowest BCUT2D eigenvalue weighted by atomic mass is 9.90. The highest BCUT2D eigenvalue weighted by molar-refractivity contribution is 6.36. The van der Waals surface area contributed by atoms with Crippen molar-refractivity contribution in [2.45, 2.75) is 70.4 Å². The summed E-state index contributed by atoms with van der Waals surface area (Å²) in [6.45, 7) is 3.42. The molecule has 1 amide bonds. The van der Waals surface area contributed by atoms with Gasteiger partial charge in [-0.2, -0.15) is 13.2 Å². The predicted octanol–water partition coefficient (Wildman–Crippen LogP) is 7.26. The number of aromatic nitrogens is 2. The average molecular weight is 793 g/mol. The molecule has 3 aliphatic rings. The van der Waals surface area contributed by atoms with Gasteiger partial charge in [-0.3, -0.25) is 14.5 Å². The zero-order valence-corrected chi connectivity index (χ0v) is 32.1. The third-order valence-electron chi connectivity index (χ3n) is 11.1. The Balaban J connectivity index is 1.12. The third kappa shape index (κ3) is 8.00. The SMILES string of the molecule is COc1cc(N[C@H]2CCc3c(-c4cccc(-c5ccc(CNC[C@@H]6CCC(=O)N6)c(OC)n5)c4Cl)cccc32)c(C(F)(F)F)nc1CN1CC[C@@](C)(C(=O)O)C1. The molecule has 11 nitrogen and oxygen atoms in total. The Bertz CT molecular complexity index is 2150. The summed E-state index contributed by atoms with van der Waals surface area (Å²) in [5.74, 6) is -0.226. The highest BCUT2D eigenvalue weighted by Gasteiger charge is 2.42. The van der Waals surface area contributed by atoms with Crippen molar-refractivity contribution in [3.8, 4) is 34.0 Å². The number of nitrogens with one attached hydrogen (secondary N) is 3. The van der Waals surface area contributed by atoms with E-state index in [1.165, 1.54) is 13.2 Å². The van der Waals surface area contributed by atoms with Gasteiger partial charge >= 0.3 is 12.1 Å². The summed E-state index contributed by atoms with van der Waals surface area (Å²) in [5.41, 5.74) is 3.55. The lowest BCUT2D eigenvalue weighted by molar-refractivity contribution is -0.147. The first-order valence-corrected chi connectivity index (χ1v) is 19.0. The van der Waals surface area contributed by atoms with E-state index in [-0.39, 0.29) is 42.2 Å². The van der Waals surface area contributed by atoms with Crippen LogP contribution in [0.5, 0.6) is 11.6 Å². The van der Waals surface area contributed by atoms with E-state index in [2.05, 4.69) is 20.9 Å². The minimum atomic E-state index is -4.76. The zero-order valence-electron chi connectivity index (χ0n) is 31.4. The Morgan fingerprint density at radius 2 is 1.82 bits per heavy atom. The Hall–Kier alpha value is -4.92. The van der Waals surface area contributed by atoms with Crippen LogP contribution in [0.15, 0.2) is 54.6 Å². The van der Waals surface area contributed by atoms with Gasteiger partial charge in [-0.1, -0.05) is 54.1 Å². The second-order valence-electron chi connectivity index (χ2n) is 14.9. The number of nitrogens with zero attached hydrogens (tertiary/aromatic N) is 3. The van der Waals surface area contributed by atoms with Gasteiger partial charge < -0.3 is 30.5 Å². The summed E-state index contributed by atoms with van der Waals surface area (Å²) in [6.07, 6.45) is -1.90. The number of aliphatic carboxylic acids is 1. The molecule has 56 heavy (non-hydrogen) atoms. The Kier molecular flexibility index (Phi) is 11.2. The number of rotatable bonds is 13. The molecule has 3 atom stereocenters.